The van der Waals surface area contributed by atoms with Crippen molar-refractivity contribution in [2.24, 2.45) is 4.99 Å². The van der Waals surface area contributed by atoms with E-state index in [0.717, 1.165) is 16.7 Å². The average molecular weight is 265 g/mol. The van der Waals surface area contributed by atoms with Crippen LogP contribution in [0.1, 0.15) is 5.56 Å². The van der Waals surface area contributed by atoms with Crippen molar-refractivity contribution < 1.29 is 4.92 Å². The minimum atomic E-state index is -0.469. The molecule has 0 saturated carbocycles. The molecule has 86 valence electrons. The molecular formula is C10H7N3O2S2. The van der Waals surface area contributed by atoms with Crippen molar-refractivity contribution in [3.63, 3.8) is 0 Å². The molecular weight excluding hydrogens is 258 g/mol. The zero-order valence-electron chi connectivity index (χ0n) is 8.62. The minimum absolute atomic E-state index is 0.0377. The Morgan fingerprint density at radius 3 is 3.00 bits per heavy atom. The van der Waals surface area contributed by atoms with Crippen molar-refractivity contribution in [3.05, 3.63) is 33.9 Å². The molecule has 5 nitrogen and oxygen atoms in total. The monoisotopic (exact) mass is 265 g/mol. The Morgan fingerprint density at radius 2 is 2.41 bits per heavy atom. The Morgan fingerprint density at radius 1 is 1.59 bits per heavy atom. The number of nitro groups is 1. The number of aliphatic imine (C=N–C) groups is 1. The Labute approximate surface area is 106 Å². The van der Waals surface area contributed by atoms with Gasteiger partial charge < -0.3 is 0 Å². The molecule has 0 fully saturated rings. The number of nitrogens with zero attached hydrogens (tertiary/aromatic N) is 3. The molecule has 1 aliphatic heterocycles. The third-order valence-corrected chi connectivity index (χ3v) is 4.27. The van der Waals surface area contributed by atoms with Crippen LogP contribution in [0, 0.1) is 21.4 Å². The lowest BCUT2D eigenvalue weighted by molar-refractivity contribution is -0.387. The molecule has 17 heavy (non-hydrogen) atoms. The van der Waals surface area contributed by atoms with Crippen molar-refractivity contribution in [2.45, 2.75) is 4.90 Å². The fraction of sp³-hybridized carbons (Fsp3) is 0.200. The van der Waals surface area contributed by atoms with Gasteiger partial charge in [-0.25, -0.2) is 0 Å². The van der Waals surface area contributed by atoms with E-state index >= 15 is 0 Å². The third kappa shape index (κ3) is 2.78. The summed E-state index contributed by atoms with van der Waals surface area (Å²) >= 11 is 2.88. The highest BCUT2D eigenvalue weighted by atomic mass is 32.2. The third-order valence-electron chi connectivity index (χ3n) is 2.04. The van der Waals surface area contributed by atoms with E-state index in [1.54, 1.807) is 23.9 Å². The molecule has 0 radical (unpaired) electrons. The van der Waals surface area contributed by atoms with Crippen molar-refractivity contribution in [3.8, 4) is 6.07 Å². The molecule has 0 aliphatic carbocycles. The Bertz CT molecular complexity index is 537. The molecule has 0 amide bonds. The maximum atomic E-state index is 10.9. The van der Waals surface area contributed by atoms with Gasteiger partial charge in [0, 0.05) is 11.8 Å². The van der Waals surface area contributed by atoms with E-state index in [1.165, 1.54) is 17.8 Å². The number of benzene rings is 1. The van der Waals surface area contributed by atoms with Crippen molar-refractivity contribution in [1.29, 1.82) is 5.26 Å². The van der Waals surface area contributed by atoms with Crippen molar-refractivity contribution in [2.75, 3.05) is 12.3 Å². The predicted molar refractivity (Wildman–Crippen MR) is 68.4 cm³/mol. The molecule has 1 aromatic rings. The highest BCUT2D eigenvalue weighted by Gasteiger charge is 2.18. The normalized spacial score (nSPS) is 14.2. The van der Waals surface area contributed by atoms with Crippen LogP contribution >= 0.6 is 23.5 Å². The summed E-state index contributed by atoms with van der Waals surface area (Å²) < 4.78 is 0.845. The van der Waals surface area contributed by atoms with Gasteiger partial charge in [0.1, 0.15) is 4.38 Å². The molecule has 0 atom stereocenters. The Balaban J connectivity index is 2.32. The van der Waals surface area contributed by atoms with Crippen LogP contribution in [-0.2, 0) is 0 Å². The van der Waals surface area contributed by atoms with Crippen LogP contribution in [0.3, 0.4) is 0 Å². The van der Waals surface area contributed by atoms with Gasteiger partial charge in [0.05, 0.1) is 28.0 Å². The number of nitro benzene ring substituents is 1. The average Bonchev–Trinajstić information content (AvgIpc) is 2.82. The first kappa shape index (κ1) is 12.0. The maximum Gasteiger partial charge on any atom is 0.284 e. The fourth-order valence-electron chi connectivity index (χ4n) is 1.29. The van der Waals surface area contributed by atoms with Crippen molar-refractivity contribution >= 4 is 33.6 Å². The summed E-state index contributed by atoms with van der Waals surface area (Å²) in [4.78, 5) is 15.2. The topological polar surface area (TPSA) is 79.3 Å². The second-order valence-electron chi connectivity index (χ2n) is 3.15. The summed E-state index contributed by atoms with van der Waals surface area (Å²) in [5.74, 6) is 0.923. The van der Waals surface area contributed by atoms with Crippen LogP contribution in [0.15, 0.2) is 28.1 Å². The summed E-state index contributed by atoms with van der Waals surface area (Å²) in [6.45, 7) is 0.761. The molecule has 2 rings (SSSR count). The predicted octanol–water partition coefficient (Wildman–Crippen LogP) is 2.66. The van der Waals surface area contributed by atoms with Crippen LogP contribution in [0.4, 0.5) is 5.69 Å². The highest BCUT2D eigenvalue weighted by Crippen LogP contribution is 2.35. The zero-order chi connectivity index (χ0) is 12.3. The van der Waals surface area contributed by atoms with E-state index in [2.05, 4.69) is 4.99 Å². The lowest BCUT2D eigenvalue weighted by Gasteiger charge is -2.02. The first-order chi connectivity index (χ1) is 8.20. The van der Waals surface area contributed by atoms with E-state index < -0.39 is 4.92 Å². The summed E-state index contributed by atoms with van der Waals surface area (Å²) in [5.41, 5.74) is 0.256. The molecule has 0 bridgehead atoms. The smallest absolute Gasteiger partial charge is 0.271 e. The lowest BCUT2D eigenvalue weighted by Crippen LogP contribution is -1.93. The first-order valence-corrected chi connectivity index (χ1v) is 6.54. The number of hydrogen-bond donors (Lipinski definition) is 0. The SMILES string of the molecule is N#Cc1ccc(SC2=NCCS2)c([N+](=O)[O-])c1. The first-order valence-electron chi connectivity index (χ1n) is 4.74. The molecule has 7 heteroatoms. The number of hydrogen-bond acceptors (Lipinski definition) is 6. The van der Waals surface area contributed by atoms with Crippen LogP contribution < -0.4 is 0 Å². The summed E-state index contributed by atoms with van der Waals surface area (Å²) in [7, 11) is 0. The van der Waals surface area contributed by atoms with Gasteiger partial charge in [-0.1, -0.05) is 23.5 Å². The highest BCUT2D eigenvalue weighted by molar-refractivity contribution is 8.39. The molecule has 1 aliphatic rings. The molecule has 1 heterocycles. The second kappa shape index (κ2) is 5.21. The molecule has 0 aromatic heterocycles. The van der Waals surface area contributed by atoms with Crippen LogP contribution in [0.2, 0.25) is 0 Å². The van der Waals surface area contributed by atoms with Crippen LogP contribution in [0.25, 0.3) is 0 Å². The van der Waals surface area contributed by atoms with Crippen LogP contribution in [0.5, 0.6) is 0 Å². The summed E-state index contributed by atoms with van der Waals surface area (Å²) in [6, 6.07) is 6.37. The molecule has 0 N–H and O–H groups in total. The summed E-state index contributed by atoms with van der Waals surface area (Å²) in [5, 5.41) is 19.6. The minimum Gasteiger partial charge on any atom is -0.271 e. The standard InChI is InChI=1S/C10H7N3O2S2/c11-6-7-1-2-9(8(5-7)13(14)15)17-10-12-3-4-16-10/h1-2,5H,3-4H2. The van der Waals surface area contributed by atoms with Gasteiger partial charge in [0.15, 0.2) is 0 Å². The second-order valence-corrected chi connectivity index (χ2v) is 5.52. The van der Waals surface area contributed by atoms with Gasteiger partial charge in [0.25, 0.3) is 5.69 Å². The van der Waals surface area contributed by atoms with Gasteiger partial charge in [-0.2, -0.15) is 5.26 Å². The van der Waals surface area contributed by atoms with E-state index in [9.17, 15) is 10.1 Å². The number of rotatable bonds is 2. The Kier molecular flexibility index (Phi) is 3.66. The van der Waals surface area contributed by atoms with E-state index in [0.29, 0.717) is 10.5 Å². The van der Waals surface area contributed by atoms with E-state index in [-0.39, 0.29) is 5.69 Å². The maximum absolute atomic E-state index is 10.9. The van der Waals surface area contributed by atoms with Gasteiger partial charge in [-0.15, -0.1) is 0 Å². The molecule has 0 unspecified atom stereocenters. The van der Waals surface area contributed by atoms with Gasteiger partial charge in [0.2, 0.25) is 0 Å². The molecule has 1 aromatic carbocycles. The van der Waals surface area contributed by atoms with Gasteiger partial charge in [-0.05, 0) is 12.1 Å². The van der Waals surface area contributed by atoms with Crippen LogP contribution in [-0.4, -0.2) is 21.6 Å². The van der Waals surface area contributed by atoms with Crippen molar-refractivity contribution in [1.82, 2.24) is 0 Å². The number of nitriles is 1. The lowest BCUT2D eigenvalue weighted by atomic mass is 10.2. The number of thioether (sulfide) groups is 2. The van der Waals surface area contributed by atoms with Gasteiger partial charge >= 0.3 is 0 Å². The summed E-state index contributed by atoms with van der Waals surface area (Å²) in [6.07, 6.45) is 0. The van der Waals surface area contributed by atoms with E-state index in [4.69, 9.17) is 5.26 Å². The Hall–Kier alpha value is -1.52. The zero-order valence-corrected chi connectivity index (χ0v) is 10.3. The largest absolute Gasteiger partial charge is 0.284 e. The molecule has 0 spiro atoms. The van der Waals surface area contributed by atoms with E-state index in [1.807, 2.05) is 6.07 Å². The fourth-order valence-corrected chi connectivity index (χ4v) is 3.30. The quantitative estimate of drug-likeness (QED) is 0.606. The van der Waals surface area contributed by atoms with Gasteiger partial charge in [-0.3, -0.25) is 15.1 Å². The molecule has 0 saturated heterocycles.